The fourth-order valence-corrected chi connectivity index (χ4v) is 2.60. The molecule has 0 aromatic heterocycles. The Bertz CT molecular complexity index is 817. The lowest BCUT2D eigenvalue weighted by Gasteiger charge is -2.21. The number of rotatable bonds is 8. The zero-order chi connectivity index (χ0) is 20.5. The molecular weight excluding hydrogens is 358 g/mol. The summed E-state index contributed by atoms with van der Waals surface area (Å²) in [6.07, 6.45) is 0.184. The van der Waals surface area contributed by atoms with Gasteiger partial charge in [-0.05, 0) is 42.0 Å². The molecule has 7 heteroatoms. The minimum absolute atomic E-state index is 0.0942. The third kappa shape index (κ3) is 6.75. The van der Waals surface area contributed by atoms with E-state index >= 15 is 0 Å². The van der Waals surface area contributed by atoms with Crippen molar-refractivity contribution in [3.8, 4) is 5.75 Å². The van der Waals surface area contributed by atoms with Crippen molar-refractivity contribution in [2.24, 2.45) is 0 Å². The van der Waals surface area contributed by atoms with Crippen molar-refractivity contribution >= 4 is 29.1 Å². The predicted octanol–water partition coefficient (Wildman–Crippen LogP) is 3.03. The van der Waals surface area contributed by atoms with E-state index < -0.39 is 0 Å². The second-order valence-electron chi connectivity index (χ2n) is 6.35. The summed E-state index contributed by atoms with van der Waals surface area (Å²) in [5.41, 5.74) is 2.25. The Labute approximate surface area is 164 Å². The Morgan fingerprint density at radius 3 is 1.96 bits per heavy atom. The molecule has 0 fully saturated rings. The van der Waals surface area contributed by atoms with Crippen molar-refractivity contribution in [3.05, 3.63) is 54.1 Å². The van der Waals surface area contributed by atoms with E-state index in [4.69, 9.17) is 4.74 Å². The fraction of sp³-hybridized carbons (Fsp3) is 0.286. The van der Waals surface area contributed by atoms with Crippen LogP contribution in [0.25, 0.3) is 0 Å². The van der Waals surface area contributed by atoms with Gasteiger partial charge in [0.1, 0.15) is 5.75 Å². The molecule has 0 bridgehead atoms. The number of carbonyl (C=O) groups is 3. The summed E-state index contributed by atoms with van der Waals surface area (Å²) in [7, 11) is 1.60. The third-order valence-electron chi connectivity index (χ3n) is 4.08. The van der Waals surface area contributed by atoms with Crippen LogP contribution in [0.5, 0.6) is 5.75 Å². The fourth-order valence-electron chi connectivity index (χ4n) is 2.60. The quantitative estimate of drug-likeness (QED) is 0.733. The molecule has 2 aromatic carbocycles. The van der Waals surface area contributed by atoms with Crippen LogP contribution in [-0.2, 0) is 20.9 Å². The Hall–Kier alpha value is -3.35. The van der Waals surface area contributed by atoms with E-state index in [1.807, 2.05) is 24.3 Å². The third-order valence-corrected chi connectivity index (χ3v) is 4.08. The van der Waals surface area contributed by atoms with Crippen LogP contribution in [0.3, 0.4) is 0 Å². The van der Waals surface area contributed by atoms with Gasteiger partial charge in [-0.2, -0.15) is 0 Å². The number of hydrogen-bond acceptors (Lipinski definition) is 4. The molecule has 0 unspecified atom stereocenters. The highest BCUT2D eigenvalue weighted by Crippen LogP contribution is 2.15. The Balaban J connectivity index is 1.87. The maximum Gasteiger partial charge on any atom is 0.226 e. The van der Waals surface area contributed by atoms with E-state index in [9.17, 15) is 14.4 Å². The number of hydrogen-bond donors (Lipinski definition) is 2. The van der Waals surface area contributed by atoms with Gasteiger partial charge >= 0.3 is 0 Å². The molecular formula is C21H25N3O4. The molecule has 0 heterocycles. The molecule has 2 N–H and O–H groups in total. The minimum Gasteiger partial charge on any atom is -0.497 e. The molecule has 0 radical (unpaired) electrons. The van der Waals surface area contributed by atoms with E-state index in [2.05, 4.69) is 10.6 Å². The van der Waals surface area contributed by atoms with Gasteiger partial charge in [-0.15, -0.1) is 0 Å². The molecule has 3 amide bonds. The molecule has 148 valence electrons. The Morgan fingerprint density at radius 2 is 1.46 bits per heavy atom. The van der Waals surface area contributed by atoms with Crippen LogP contribution in [-0.4, -0.2) is 36.3 Å². The summed E-state index contributed by atoms with van der Waals surface area (Å²) in [4.78, 5) is 36.8. The van der Waals surface area contributed by atoms with Gasteiger partial charge in [-0.25, -0.2) is 0 Å². The van der Waals surface area contributed by atoms with Crippen molar-refractivity contribution < 1.29 is 19.1 Å². The van der Waals surface area contributed by atoms with Gasteiger partial charge in [-0.1, -0.05) is 12.1 Å². The van der Waals surface area contributed by atoms with Gasteiger partial charge in [0.2, 0.25) is 17.7 Å². The summed E-state index contributed by atoms with van der Waals surface area (Å²) < 4.78 is 5.13. The lowest BCUT2D eigenvalue weighted by molar-refractivity contribution is -0.130. The number of nitrogens with zero attached hydrogens (tertiary/aromatic N) is 1. The molecule has 2 rings (SSSR count). The highest BCUT2D eigenvalue weighted by atomic mass is 16.5. The molecule has 0 aliphatic heterocycles. The first-order valence-corrected chi connectivity index (χ1v) is 8.93. The Kier molecular flexibility index (Phi) is 7.56. The summed E-state index contributed by atoms with van der Waals surface area (Å²) >= 11 is 0. The van der Waals surface area contributed by atoms with Gasteiger partial charge in [-0.3, -0.25) is 14.4 Å². The Morgan fingerprint density at radius 1 is 0.893 bits per heavy atom. The SMILES string of the molecule is COc1ccc(CN(CCC(=O)Nc2ccc(NC(C)=O)cc2)C(C)=O)cc1. The van der Waals surface area contributed by atoms with E-state index in [-0.39, 0.29) is 24.1 Å². The summed E-state index contributed by atoms with van der Waals surface area (Å²) in [6.45, 7) is 3.67. The van der Waals surface area contributed by atoms with Gasteiger partial charge in [0.05, 0.1) is 7.11 Å². The first kappa shape index (κ1) is 21.0. The summed E-state index contributed by atoms with van der Waals surface area (Å²) in [5.74, 6) is 0.316. The minimum atomic E-state index is -0.187. The van der Waals surface area contributed by atoms with Crippen molar-refractivity contribution in [1.29, 1.82) is 0 Å². The van der Waals surface area contributed by atoms with Crippen molar-refractivity contribution in [1.82, 2.24) is 4.90 Å². The largest absolute Gasteiger partial charge is 0.497 e. The monoisotopic (exact) mass is 383 g/mol. The zero-order valence-corrected chi connectivity index (χ0v) is 16.3. The van der Waals surface area contributed by atoms with E-state index in [1.54, 1.807) is 36.3 Å². The van der Waals surface area contributed by atoms with Crippen LogP contribution < -0.4 is 15.4 Å². The number of methoxy groups -OCH3 is 1. The van der Waals surface area contributed by atoms with Crippen LogP contribution in [0.4, 0.5) is 11.4 Å². The topological polar surface area (TPSA) is 87.7 Å². The molecule has 0 saturated heterocycles. The van der Waals surface area contributed by atoms with Gasteiger partial charge in [0.15, 0.2) is 0 Å². The van der Waals surface area contributed by atoms with Crippen LogP contribution >= 0.6 is 0 Å². The normalized spacial score (nSPS) is 10.1. The van der Waals surface area contributed by atoms with Gasteiger partial charge < -0.3 is 20.3 Å². The van der Waals surface area contributed by atoms with Crippen LogP contribution in [0.2, 0.25) is 0 Å². The molecule has 0 aliphatic rings. The number of nitrogens with one attached hydrogen (secondary N) is 2. The number of ether oxygens (including phenoxy) is 1. The second kappa shape index (κ2) is 10.1. The summed E-state index contributed by atoms with van der Waals surface area (Å²) in [6, 6.07) is 14.3. The molecule has 0 aliphatic carbocycles. The zero-order valence-electron chi connectivity index (χ0n) is 16.3. The molecule has 2 aromatic rings. The maximum absolute atomic E-state index is 12.2. The van der Waals surface area contributed by atoms with Gasteiger partial charge in [0.25, 0.3) is 0 Å². The van der Waals surface area contributed by atoms with E-state index in [0.717, 1.165) is 11.3 Å². The second-order valence-corrected chi connectivity index (χ2v) is 6.35. The van der Waals surface area contributed by atoms with Crippen molar-refractivity contribution in [2.45, 2.75) is 26.8 Å². The smallest absolute Gasteiger partial charge is 0.226 e. The maximum atomic E-state index is 12.2. The average Bonchev–Trinajstić information content (AvgIpc) is 2.66. The van der Waals surface area contributed by atoms with Crippen molar-refractivity contribution in [3.63, 3.8) is 0 Å². The van der Waals surface area contributed by atoms with Crippen LogP contribution in [0.15, 0.2) is 48.5 Å². The van der Waals surface area contributed by atoms with Crippen LogP contribution in [0.1, 0.15) is 25.8 Å². The average molecular weight is 383 g/mol. The molecule has 0 saturated carbocycles. The number of carbonyl (C=O) groups excluding carboxylic acids is 3. The molecule has 7 nitrogen and oxygen atoms in total. The molecule has 28 heavy (non-hydrogen) atoms. The van der Waals surface area contributed by atoms with E-state index in [0.29, 0.717) is 24.5 Å². The van der Waals surface area contributed by atoms with Crippen LogP contribution in [0, 0.1) is 0 Å². The number of anilines is 2. The van der Waals surface area contributed by atoms with E-state index in [1.165, 1.54) is 13.8 Å². The number of benzene rings is 2. The lowest BCUT2D eigenvalue weighted by Crippen LogP contribution is -2.31. The highest BCUT2D eigenvalue weighted by molar-refractivity contribution is 5.92. The predicted molar refractivity (Wildman–Crippen MR) is 108 cm³/mol. The summed E-state index contributed by atoms with van der Waals surface area (Å²) in [5, 5.41) is 5.45. The van der Waals surface area contributed by atoms with Gasteiger partial charge in [0, 0.05) is 44.7 Å². The first-order valence-electron chi connectivity index (χ1n) is 8.93. The molecule has 0 atom stereocenters. The number of amides is 3. The first-order chi connectivity index (χ1) is 13.4. The standard InChI is InChI=1S/C21H25N3O4/c1-15(25)22-18-6-8-19(9-7-18)23-21(27)12-13-24(16(2)26)14-17-4-10-20(28-3)11-5-17/h4-11H,12-14H2,1-3H3,(H,22,25)(H,23,27). The highest BCUT2D eigenvalue weighted by Gasteiger charge is 2.12. The molecule has 0 spiro atoms. The lowest BCUT2D eigenvalue weighted by atomic mass is 10.2. The van der Waals surface area contributed by atoms with Crippen molar-refractivity contribution in [2.75, 3.05) is 24.3 Å².